The molecule has 1 heterocycles. The smallest absolute Gasteiger partial charge is 0.229 e. The van der Waals surface area contributed by atoms with Crippen molar-refractivity contribution in [2.24, 2.45) is 0 Å². The Bertz CT molecular complexity index is 1080. The van der Waals surface area contributed by atoms with E-state index < -0.39 is 21.6 Å². The van der Waals surface area contributed by atoms with Gasteiger partial charge in [0.05, 0.1) is 23.7 Å². The van der Waals surface area contributed by atoms with E-state index in [9.17, 15) is 22.7 Å². The van der Waals surface area contributed by atoms with Crippen LogP contribution in [0.15, 0.2) is 48.8 Å². The highest BCUT2D eigenvalue weighted by molar-refractivity contribution is 7.92. The van der Waals surface area contributed by atoms with Gasteiger partial charge in [-0.05, 0) is 42.0 Å². The van der Waals surface area contributed by atoms with Crippen LogP contribution in [0, 0.1) is 5.82 Å². The van der Waals surface area contributed by atoms with Gasteiger partial charge in [-0.3, -0.25) is 9.52 Å². The first-order chi connectivity index (χ1) is 12.3. The van der Waals surface area contributed by atoms with Gasteiger partial charge in [0, 0.05) is 17.4 Å². The number of nitrogens with zero attached hydrogens (tertiary/aromatic N) is 2. The van der Waals surface area contributed by atoms with E-state index in [1.165, 1.54) is 16.9 Å². The van der Waals surface area contributed by atoms with Gasteiger partial charge in [0.2, 0.25) is 10.0 Å². The third-order valence-corrected chi connectivity index (χ3v) is 4.18. The van der Waals surface area contributed by atoms with Crippen molar-refractivity contribution in [2.75, 3.05) is 11.0 Å². The maximum atomic E-state index is 13.7. The molecule has 7 nitrogen and oxygen atoms in total. The van der Waals surface area contributed by atoms with Crippen LogP contribution >= 0.6 is 0 Å². The molecule has 0 fully saturated rings. The first kappa shape index (κ1) is 17.6. The number of phenolic OH excluding ortho intramolecular Hbond substituents is 1. The average molecular weight is 375 g/mol. The lowest BCUT2D eigenvalue weighted by Gasteiger charge is -2.06. The number of hydrogen-bond acceptors (Lipinski definition) is 5. The van der Waals surface area contributed by atoms with Crippen LogP contribution in [-0.4, -0.2) is 35.8 Å². The molecule has 0 aliphatic rings. The van der Waals surface area contributed by atoms with Crippen molar-refractivity contribution in [3.05, 3.63) is 60.2 Å². The van der Waals surface area contributed by atoms with E-state index in [2.05, 4.69) is 9.82 Å². The molecule has 0 atom stereocenters. The van der Waals surface area contributed by atoms with E-state index in [1.54, 1.807) is 30.5 Å². The average Bonchev–Trinajstić information content (AvgIpc) is 3.06. The third kappa shape index (κ3) is 3.72. The number of sulfonamides is 1. The van der Waals surface area contributed by atoms with Crippen molar-refractivity contribution in [1.29, 1.82) is 0 Å². The van der Waals surface area contributed by atoms with Crippen LogP contribution in [0.3, 0.4) is 0 Å². The van der Waals surface area contributed by atoms with E-state index in [-0.39, 0.29) is 5.56 Å². The number of carbonyl (C=O) groups is 1. The van der Waals surface area contributed by atoms with Crippen LogP contribution < -0.4 is 4.72 Å². The number of nitrogens with one attached hydrogen (secondary N) is 1. The van der Waals surface area contributed by atoms with Gasteiger partial charge in [-0.2, -0.15) is 5.10 Å². The number of hydrogen-bond donors (Lipinski definition) is 2. The van der Waals surface area contributed by atoms with Crippen molar-refractivity contribution in [3.63, 3.8) is 0 Å². The second kappa shape index (κ2) is 6.60. The Labute approximate surface area is 148 Å². The lowest BCUT2D eigenvalue weighted by molar-refractivity contribution is 0.112. The topological polar surface area (TPSA) is 101 Å². The highest BCUT2D eigenvalue weighted by Gasteiger charge is 2.12. The Kier molecular flexibility index (Phi) is 4.47. The molecule has 0 amide bonds. The molecule has 0 aliphatic carbocycles. The molecule has 2 N–H and O–H groups in total. The van der Waals surface area contributed by atoms with Gasteiger partial charge in [-0.1, -0.05) is 0 Å². The monoisotopic (exact) mass is 375 g/mol. The normalized spacial score (nSPS) is 11.3. The van der Waals surface area contributed by atoms with Crippen LogP contribution in [0.4, 0.5) is 10.1 Å². The zero-order valence-corrected chi connectivity index (χ0v) is 14.4. The molecule has 134 valence electrons. The number of aldehydes is 1. The fraction of sp³-hybridized carbons (Fsp3) is 0.0588. The Hall–Kier alpha value is -3.20. The number of aromatic nitrogens is 2. The van der Waals surface area contributed by atoms with Crippen LogP contribution in [0.25, 0.3) is 16.8 Å². The van der Waals surface area contributed by atoms with Gasteiger partial charge in [0.1, 0.15) is 0 Å². The summed E-state index contributed by atoms with van der Waals surface area (Å²) < 4.78 is 40.0. The molecule has 0 unspecified atom stereocenters. The van der Waals surface area contributed by atoms with E-state index in [0.717, 1.165) is 12.3 Å². The first-order valence-electron chi connectivity index (χ1n) is 7.38. The van der Waals surface area contributed by atoms with Gasteiger partial charge in [-0.25, -0.2) is 17.5 Å². The second-order valence-electron chi connectivity index (χ2n) is 5.61. The Morgan fingerprint density at radius 3 is 2.50 bits per heavy atom. The van der Waals surface area contributed by atoms with Gasteiger partial charge < -0.3 is 5.11 Å². The molecule has 1 aromatic heterocycles. The summed E-state index contributed by atoms with van der Waals surface area (Å²) in [5.74, 6) is -1.58. The maximum Gasteiger partial charge on any atom is 0.229 e. The SMILES string of the molecule is CS(=O)(=O)Nc1ccc(-n2cc(-c3cc(F)c(O)c(C=O)c3)cn2)cc1. The molecule has 9 heteroatoms. The molecule has 0 saturated heterocycles. The molecule has 0 spiro atoms. The third-order valence-electron chi connectivity index (χ3n) is 3.57. The number of rotatable bonds is 5. The fourth-order valence-electron chi connectivity index (χ4n) is 2.39. The van der Waals surface area contributed by atoms with Crippen LogP contribution in [-0.2, 0) is 10.0 Å². The molecule has 3 rings (SSSR count). The van der Waals surface area contributed by atoms with Crippen LogP contribution in [0.5, 0.6) is 5.75 Å². The van der Waals surface area contributed by atoms with Gasteiger partial charge >= 0.3 is 0 Å². The lowest BCUT2D eigenvalue weighted by atomic mass is 10.1. The van der Waals surface area contributed by atoms with Crippen LogP contribution in [0.2, 0.25) is 0 Å². The van der Waals surface area contributed by atoms with Gasteiger partial charge in [-0.15, -0.1) is 0 Å². The number of benzene rings is 2. The summed E-state index contributed by atoms with van der Waals surface area (Å²) in [5, 5.41) is 13.7. The predicted octanol–water partition coefficient (Wildman–Crippen LogP) is 2.57. The lowest BCUT2D eigenvalue weighted by Crippen LogP contribution is -2.09. The zero-order chi connectivity index (χ0) is 18.9. The van der Waals surface area contributed by atoms with E-state index >= 15 is 0 Å². The number of aromatic hydroxyl groups is 1. The van der Waals surface area contributed by atoms with E-state index in [0.29, 0.717) is 28.8 Å². The summed E-state index contributed by atoms with van der Waals surface area (Å²) >= 11 is 0. The van der Waals surface area contributed by atoms with Crippen molar-refractivity contribution < 1.29 is 22.7 Å². The Morgan fingerprint density at radius 1 is 1.19 bits per heavy atom. The van der Waals surface area contributed by atoms with Crippen molar-refractivity contribution in [3.8, 4) is 22.6 Å². The quantitative estimate of drug-likeness (QED) is 0.668. The van der Waals surface area contributed by atoms with Crippen molar-refractivity contribution in [1.82, 2.24) is 9.78 Å². The largest absolute Gasteiger partial charge is 0.504 e. The first-order valence-corrected chi connectivity index (χ1v) is 9.27. The number of carbonyl (C=O) groups excluding carboxylic acids is 1. The summed E-state index contributed by atoms with van der Waals surface area (Å²) in [4.78, 5) is 10.9. The fourth-order valence-corrected chi connectivity index (χ4v) is 2.95. The molecule has 3 aromatic rings. The number of halogens is 1. The Morgan fingerprint density at radius 2 is 1.88 bits per heavy atom. The molecule has 0 bridgehead atoms. The maximum absolute atomic E-state index is 13.7. The van der Waals surface area contributed by atoms with Crippen molar-refractivity contribution >= 4 is 22.0 Å². The molecular formula is C17H14FN3O4S. The van der Waals surface area contributed by atoms with Crippen molar-refractivity contribution in [2.45, 2.75) is 0 Å². The van der Waals surface area contributed by atoms with Crippen LogP contribution in [0.1, 0.15) is 10.4 Å². The Balaban J connectivity index is 1.91. The highest BCUT2D eigenvalue weighted by Crippen LogP contribution is 2.28. The highest BCUT2D eigenvalue weighted by atomic mass is 32.2. The summed E-state index contributed by atoms with van der Waals surface area (Å²) in [6, 6.07) is 8.98. The van der Waals surface area contributed by atoms with Gasteiger partial charge in [0.25, 0.3) is 0 Å². The molecule has 2 aromatic carbocycles. The number of anilines is 1. The summed E-state index contributed by atoms with van der Waals surface area (Å²) in [6.45, 7) is 0. The minimum Gasteiger partial charge on any atom is -0.504 e. The minimum atomic E-state index is -3.36. The molecule has 0 saturated carbocycles. The molecule has 26 heavy (non-hydrogen) atoms. The summed E-state index contributed by atoms with van der Waals surface area (Å²) in [7, 11) is -3.36. The van der Waals surface area contributed by atoms with E-state index in [4.69, 9.17) is 0 Å². The number of phenols is 1. The minimum absolute atomic E-state index is 0.149. The van der Waals surface area contributed by atoms with E-state index in [1.807, 2.05) is 0 Å². The zero-order valence-electron chi connectivity index (χ0n) is 13.5. The standard InChI is InChI=1S/C17H14FN3O4S/c1-26(24,25)20-14-2-4-15(5-3-14)21-9-13(8-19-21)11-6-12(10-22)17(23)16(18)7-11/h2-10,20,23H,1H3. The summed E-state index contributed by atoms with van der Waals surface area (Å²) in [5.41, 5.74) is 1.86. The second-order valence-corrected chi connectivity index (χ2v) is 7.36. The molecular weight excluding hydrogens is 361 g/mol. The predicted molar refractivity (Wildman–Crippen MR) is 94.5 cm³/mol. The summed E-state index contributed by atoms with van der Waals surface area (Å²) in [6.07, 6.45) is 4.55. The van der Waals surface area contributed by atoms with Gasteiger partial charge in [0.15, 0.2) is 17.9 Å². The molecule has 0 aliphatic heterocycles. The molecule has 0 radical (unpaired) electrons.